The van der Waals surface area contributed by atoms with Gasteiger partial charge in [-0.15, -0.1) is 0 Å². The number of hydrogen-bond acceptors (Lipinski definition) is 3. The lowest BCUT2D eigenvalue weighted by Crippen LogP contribution is -2.39. The summed E-state index contributed by atoms with van der Waals surface area (Å²) in [5.41, 5.74) is 2.97. The SMILES string of the molecule is Cc1cc2n(n1)CCN(C(=O)Cc1ccn[nH]1)C2. The zero-order valence-electron chi connectivity index (χ0n) is 10.3. The van der Waals surface area contributed by atoms with E-state index in [2.05, 4.69) is 15.3 Å². The van der Waals surface area contributed by atoms with E-state index in [0.29, 0.717) is 13.0 Å². The van der Waals surface area contributed by atoms with Gasteiger partial charge in [0.25, 0.3) is 0 Å². The molecule has 0 aromatic carbocycles. The van der Waals surface area contributed by atoms with E-state index in [1.165, 1.54) is 0 Å². The Hall–Kier alpha value is -2.11. The van der Waals surface area contributed by atoms with E-state index in [1.54, 1.807) is 6.20 Å². The highest BCUT2D eigenvalue weighted by Crippen LogP contribution is 2.14. The molecule has 0 atom stereocenters. The van der Waals surface area contributed by atoms with Crippen molar-refractivity contribution in [3.63, 3.8) is 0 Å². The second-order valence-corrected chi connectivity index (χ2v) is 4.57. The van der Waals surface area contributed by atoms with Crippen LogP contribution in [0.3, 0.4) is 0 Å². The highest BCUT2D eigenvalue weighted by atomic mass is 16.2. The van der Waals surface area contributed by atoms with Crippen molar-refractivity contribution < 1.29 is 4.79 Å². The molecule has 6 nitrogen and oxygen atoms in total. The van der Waals surface area contributed by atoms with Crippen molar-refractivity contribution in [1.29, 1.82) is 0 Å². The predicted octanol–water partition coefficient (Wildman–Crippen LogP) is 0.500. The van der Waals surface area contributed by atoms with Crippen LogP contribution in [-0.2, 0) is 24.3 Å². The van der Waals surface area contributed by atoms with Crippen LogP contribution in [0.2, 0.25) is 0 Å². The zero-order valence-corrected chi connectivity index (χ0v) is 10.3. The fraction of sp³-hybridized carbons (Fsp3) is 0.417. The van der Waals surface area contributed by atoms with E-state index in [1.807, 2.05) is 28.6 Å². The van der Waals surface area contributed by atoms with Crippen LogP contribution in [0.15, 0.2) is 18.3 Å². The monoisotopic (exact) mass is 245 g/mol. The molecule has 0 unspecified atom stereocenters. The van der Waals surface area contributed by atoms with E-state index in [9.17, 15) is 4.79 Å². The maximum absolute atomic E-state index is 12.1. The highest BCUT2D eigenvalue weighted by molar-refractivity contribution is 5.78. The van der Waals surface area contributed by atoms with Crippen LogP contribution in [0.5, 0.6) is 0 Å². The first-order valence-corrected chi connectivity index (χ1v) is 6.02. The topological polar surface area (TPSA) is 66.8 Å². The van der Waals surface area contributed by atoms with Crippen LogP contribution in [-0.4, -0.2) is 37.3 Å². The van der Waals surface area contributed by atoms with E-state index in [-0.39, 0.29) is 5.91 Å². The number of carbonyl (C=O) groups excluding carboxylic acids is 1. The summed E-state index contributed by atoms with van der Waals surface area (Å²) in [7, 11) is 0. The first-order chi connectivity index (χ1) is 8.72. The second-order valence-electron chi connectivity index (χ2n) is 4.57. The van der Waals surface area contributed by atoms with Gasteiger partial charge in [0.05, 0.1) is 30.9 Å². The fourth-order valence-electron chi connectivity index (χ4n) is 2.28. The minimum absolute atomic E-state index is 0.129. The number of aromatic amines is 1. The molecule has 0 aliphatic carbocycles. The Morgan fingerprint density at radius 3 is 3.17 bits per heavy atom. The number of carbonyl (C=O) groups is 1. The summed E-state index contributed by atoms with van der Waals surface area (Å²) in [6.45, 7) is 4.12. The van der Waals surface area contributed by atoms with Gasteiger partial charge in [-0.05, 0) is 19.1 Å². The van der Waals surface area contributed by atoms with Crippen molar-refractivity contribution in [2.75, 3.05) is 6.54 Å². The first kappa shape index (κ1) is 11.0. The first-order valence-electron chi connectivity index (χ1n) is 6.02. The van der Waals surface area contributed by atoms with Crippen LogP contribution in [0.1, 0.15) is 17.1 Å². The summed E-state index contributed by atoms with van der Waals surface area (Å²) in [6, 6.07) is 3.87. The lowest BCUT2D eigenvalue weighted by atomic mass is 10.2. The molecule has 0 saturated heterocycles. The third kappa shape index (κ3) is 2.01. The molecule has 2 aromatic rings. The quantitative estimate of drug-likeness (QED) is 0.837. The van der Waals surface area contributed by atoms with Gasteiger partial charge in [0.15, 0.2) is 0 Å². The standard InChI is InChI=1S/C12H15N5O/c1-9-6-11-8-16(4-5-17(11)15-9)12(18)7-10-2-3-13-14-10/h2-3,6H,4-5,7-8H2,1H3,(H,13,14). The minimum Gasteiger partial charge on any atom is -0.335 e. The van der Waals surface area contributed by atoms with Gasteiger partial charge >= 0.3 is 0 Å². The van der Waals surface area contributed by atoms with Crippen LogP contribution in [0.25, 0.3) is 0 Å². The average Bonchev–Trinajstić information content (AvgIpc) is 2.95. The summed E-state index contributed by atoms with van der Waals surface area (Å²) in [4.78, 5) is 14.0. The smallest absolute Gasteiger partial charge is 0.228 e. The van der Waals surface area contributed by atoms with Gasteiger partial charge in [0, 0.05) is 18.4 Å². The molecule has 0 fully saturated rings. The number of nitrogens with zero attached hydrogens (tertiary/aromatic N) is 4. The Kier molecular flexibility index (Phi) is 2.62. The number of aromatic nitrogens is 4. The second kappa shape index (κ2) is 4.29. The van der Waals surface area contributed by atoms with Gasteiger partial charge in [-0.2, -0.15) is 10.2 Å². The maximum atomic E-state index is 12.1. The van der Waals surface area contributed by atoms with Crippen molar-refractivity contribution in [3.05, 3.63) is 35.4 Å². The van der Waals surface area contributed by atoms with Crippen molar-refractivity contribution >= 4 is 5.91 Å². The van der Waals surface area contributed by atoms with Crippen LogP contribution >= 0.6 is 0 Å². The van der Waals surface area contributed by atoms with E-state index >= 15 is 0 Å². The number of rotatable bonds is 2. The van der Waals surface area contributed by atoms with Crippen LogP contribution in [0.4, 0.5) is 0 Å². The minimum atomic E-state index is 0.129. The molecule has 6 heteroatoms. The van der Waals surface area contributed by atoms with Crippen LogP contribution < -0.4 is 0 Å². The third-order valence-corrected chi connectivity index (χ3v) is 3.17. The number of H-pyrrole nitrogens is 1. The van der Waals surface area contributed by atoms with Gasteiger partial charge in [0.2, 0.25) is 5.91 Å². The molecule has 18 heavy (non-hydrogen) atoms. The molecule has 0 bridgehead atoms. The number of fused-ring (bicyclic) bond motifs is 1. The molecule has 1 aliphatic rings. The lowest BCUT2D eigenvalue weighted by Gasteiger charge is -2.27. The molecule has 1 N–H and O–H groups in total. The van der Waals surface area contributed by atoms with Gasteiger partial charge in [0.1, 0.15) is 0 Å². The average molecular weight is 245 g/mol. The Morgan fingerprint density at radius 1 is 1.50 bits per heavy atom. The van der Waals surface area contributed by atoms with Gasteiger partial charge in [-0.1, -0.05) is 0 Å². The Bertz CT molecular complexity index is 557. The number of nitrogens with one attached hydrogen (secondary N) is 1. The third-order valence-electron chi connectivity index (χ3n) is 3.17. The van der Waals surface area contributed by atoms with Crippen molar-refractivity contribution in [2.45, 2.75) is 26.4 Å². The predicted molar refractivity (Wildman–Crippen MR) is 64.7 cm³/mol. The molecule has 0 radical (unpaired) electrons. The largest absolute Gasteiger partial charge is 0.335 e. The Morgan fingerprint density at radius 2 is 2.39 bits per heavy atom. The Labute approximate surface area is 105 Å². The molecular formula is C12H15N5O. The summed E-state index contributed by atoms with van der Waals surface area (Å²) < 4.78 is 1.98. The molecule has 0 saturated carbocycles. The number of amides is 1. The summed E-state index contributed by atoms with van der Waals surface area (Å²) in [5, 5.41) is 11.0. The van der Waals surface area contributed by atoms with Gasteiger partial charge in [-0.25, -0.2) is 0 Å². The number of hydrogen-bond donors (Lipinski definition) is 1. The molecule has 2 aromatic heterocycles. The highest BCUT2D eigenvalue weighted by Gasteiger charge is 2.21. The molecule has 3 rings (SSSR count). The summed E-state index contributed by atoms with van der Waals surface area (Å²) in [5.74, 6) is 0.129. The van der Waals surface area contributed by atoms with Gasteiger partial charge in [-0.3, -0.25) is 14.6 Å². The molecule has 3 heterocycles. The lowest BCUT2D eigenvalue weighted by molar-refractivity contribution is -0.132. The van der Waals surface area contributed by atoms with E-state index < -0.39 is 0 Å². The van der Waals surface area contributed by atoms with Gasteiger partial charge < -0.3 is 4.90 Å². The van der Waals surface area contributed by atoms with Crippen molar-refractivity contribution in [3.8, 4) is 0 Å². The Balaban J connectivity index is 1.70. The maximum Gasteiger partial charge on any atom is 0.228 e. The molecular weight excluding hydrogens is 230 g/mol. The zero-order chi connectivity index (χ0) is 12.5. The van der Waals surface area contributed by atoms with Crippen molar-refractivity contribution in [2.24, 2.45) is 0 Å². The fourth-order valence-corrected chi connectivity index (χ4v) is 2.28. The summed E-state index contributed by atoms with van der Waals surface area (Å²) in [6.07, 6.45) is 2.05. The molecule has 1 aliphatic heterocycles. The molecule has 94 valence electrons. The number of aryl methyl sites for hydroxylation is 1. The molecule has 0 spiro atoms. The molecule has 1 amide bonds. The van der Waals surface area contributed by atoms with E-state index in [0.717, 1.165) is 30.2 Å². The van der Waals surface area contributed by atoms with E-state index in [4.69, 9.17) is 0 Å². The summed E-state index contributed by atoms with van der Waals surface area (Å²) >= 11 is 0. The normalized spacial score (nSPS) is 14.6. The van der Waals surface area contributed by atoms with Crippen LogP contribution in [0, 0.1) is 6.92 Å². The van der Waals surface area contributed by atoms with Crippen molar-refractivity contribution in [1.82, 2.24) is 24.9 Å².